The number of nitrogens with zero attached hydrogens (tertiary/aromatic N) is 1. The Morgan fingerprint density at radius 2 is 2.05 bits per heavy atom. The fraction of sp³-hybridized carbons (Fsp3) is 0.467. The molecule has 1 aliphatic rings. The van der Waals surface area contributed by atoms with Crippen LogP contribution < -0.4 is 5.32 Å². The van der Waals surface area contributed by atoms with Crippen LogP contribution in [-0.2, 0) is 9.53 Å². The lowest BCUT2D eigenvalue weighted by Gasteiger charge is -2.37. The van der Waals surface area contributed by atoms with E-state index in [9.17, 15) is 9.59 Å². The second-order valence-electron chi connectivity index (χ2n) is 5.95. The van der Waals surface area contributed by atoms with Crippen molar-refractivity contribution in [3.05, 3.63) is 34.9 Å². The van der Waals surface area contributed by atoms with Gasteiger partial charge in [0, 0.05) is 11.6 Å². The monoisotopic (exact) mass is 310 g/mol. The molecule has 0 spiro atoms. The Hall–Kier alpha value is -1.75. The summed E-state index contributed by atoms with van der Waals surface area (Å²) in [4.78, 5) is 25.4. The predicted molar refractivity (Wildman–Crippen MR) is 80.1 cm³/mol. The largest absolute Gasteiger partial charge is 0.444 e. The highest BCUT2D eigenvalue weighted by atomic mass is 35.5. The first-order valence-electron chi connectivity index (χ1n) is 6.78. The molecule has 1 unspecified atom stereocenters. The maximum atomic E-state index is 12.3. The molecule has 0 aromatic heterocycles. The summed E-state index contributed by atoms with van der Waals surface area (Å²) in [5.41, 5.74) is 0.181. The minimum atomic E-state index is -0.615. The minimum Gasteiger partial charge on any atom is -0.444 e. The number of hydrogen-bond acceptors (Lipinski definition) is 3. The molecule has 2 amide bonds. The first kappa shape index (κ1) is 15.6. The molecule has 1 aromatic rings. The second-order valence-corrected chi connectivity index (χ2v) is 6.36. The number of nitrogens with one attached hydrogen (secondary N) is 1. The molecule has 6 heteroatoms. The number of amides is 2. The third kappa shape index (κ3) is 3.88. The van der Waals surface area contributed by atoms with E-state index in [-0.39, 0.29) is 18.5 Å². The molecular weight excluding hydrogens is 292 g/mol. The van der Waals surface area contributed by atoms with Gasteiger partial charge in [0.05, 0.1) is 6.04 Å². The zero-order valence-electron chi connectivity index (χ0n) is 12.4. The highest BCUT2D eigenvalue weighted by Crippen LogP contribution is 2.29. The molecule has 0 radical (unpaired) electrons. The van der Waals surface area contributed by atoms with Gasteiger partial charge in [0.2, 0.25) is 5.91 Å². The summed E-state index contributed by atoms with van der Waals surface area (Å²) in [6, 6.07) is 6.96. The zero-order valence-corrected chi connectivity index (χ0v) is 13.1. The van der Waals surface area contributed by atoms with Crippen LogP contribution >= 0.6 is 11.6 Å². The highest BCUT2D eigenvalue weighted by Gasteiger charge is 2.35. The molecule has 1 aliphatic heterocycles. The van der Waals surface area contributed by atoms with E-state index in [4.69, 9.17) is 16.3 Å². The predicted octanol–water partition coefficient (Wildman–Crippen LogP) is 2.75. The molecule has 21 heavy (non-hydrogen) atoms. The number of piperazine rings is 1. The summed E-state index contributed by atoms with van der Waals surface area (Å²) in [6.07, 6.45) is -0.512. The SMILES string of the molecule is CC(C)(C)OC(=O)N1CC(=O)NCC1c1ccccc1Cl. The van der Waals surface area contributed by atoms with Gasteiger partial charge >= 0.3 is 6.09 Å². The van der Waals surface area contributed by atoms with Gasteiger partial charge in [0.15, 0.2) is 0 Å². The Balaban J connectivity index is 2.28. The quantitative estimate of drug-likeness (QED) is 0.867. The summed E-state index contributed by atoms with van der Waals surface area (Å²) in [5.74, 6) is -0.204. The Morgan fingerprint density at radius 3 is 2.67 bits per heavy atom. The highest BCUT2D eigenvalue weighted by molar-refractivity contribution is 6.31. The maximum absolute atomic E-state index is 12.3. The number of hydrogen-bond donors (Lipinski definition) is 1. The van der Waals surface area contributed by atoms with E-state index in [1.54, 1.807) is 26.8 Å². The van der Waals surface area contributed by atoms with Gasteiger partial charge < -0.3 is 10.1 Å². The van der Waals surface area contributed by atoms with E-state index in [2.05, 4.69) is 5.32 Å². The molecule has 1 saturated heterocycles. The van der Waals surface area contributed by atoms with Gasteiger partial charge in [-0.1, -0.05) is 29.8 Å². The van der Waals surface area contributed by atoms with Gasteiger partial charge in [-0.05, 0) is 32.4 Å². The molecule has 1 aromatic carbocycles. The number of carbonyl (C=O) groups excluding carboxylic acids is 2. The van der Waals surface area contributed by atoms with E-state index < -0.39 is 11.7 Å². The summed E-state index contributed by atoms with van der Waals surface area (Å²) in [6.45, 7) is 5.66. The topological polar surface area (TPSA) is 58.6 Å². The van der Waals surface area contributed by atoms with Crippen molar-refractivity contribution < 1.29 is 14.3 Å². The van der Waals surface area contributed by atoms with E-state index in [1.807, 2.05) is 18.2 Å². The Morgan fingerprint density at radius 1 is 1.38 bits per heavy atom. The summed E-state index contributed by atoms with van der Waals surface area (Å²) >= 11 is 6.21. The van der Waals surface area contributed by atoms with Crippen LogP contribution in [0.15, 0.2) is 24.3 Å². The standard InChI is InChI=1S/C15H19ClN2O3/c1-15(2,3)21-14(20)18-9-13(19)17-8-12(18)10-6-4-5-7-11(10)16/h4-7,12H,8-9H2,1-3H3,(H,17,19). The molecular formula is C15H19ClN2O3. The Labute approximate surface area is 129 Å². The van der Waals surface area contributed by atoms with Crippen LogP contribution in [-0.4, -0.2) is 35.6 Å². The van der Waals surface area contributed by atoms with Crippen LogP contribution in [0.5, 0.6) is 0 Å². The van der Waals surface area contributed by atoms with Gasteiger partial charge in [0.1, 0.15) is 12.1 Å². The van der Waals surface area contributed by atoms with Crippen LogP contribution in [0, 0.1) is 0 Å². The van der Waals surface area contributed by atoms with E-state index in [0.717, 1.165) is 5.56 Å². The van der Waals surface area contributed by atoms with Gasteiger partial charge in [0.25, 0.3) is 0 Å². The van der Waals surface area contributed by atoms with Crippen molar-refractivity contribution in [1.29, 1.82) is 0 Å². The molecule has 2 rings (SSSR count). The van der Waals surface area contributed by atoms with Gasteiger partial charge in [-0.3, -0.25) is 9.69 Å². The number of ether oxygens (including phenoxy) is 1. The van der Waals surface area contributed by atoms with Crippen molar-refractivity contribution in [1.82, 2.24) is 10.2 Å². The number of carbonyl (C=O) groups is 2. The lowest BCUT2D eigenvalue weighted by Crippen LogP contribution is -2.53. The molecule has 5 nitrogen and oxygen atoms in total. The molecule has 0 bridgehead atoms. The van der Waals surface area contributed by atoms with Crippen molar-refractivity contribution in [3.63, 3.8) is 0 Å². The Bertz CT molecular complexity index is 554. The van der Waals surface area contributed by atoms with Crippen LogP contribution in [0.2, 0.25) is 5.02 Å². The second kappa shape index (κ2) is 5.93. The minimum absolute atomic E-state index is 0.0369. The summed E-state index contributed by atoms with van der Waals surface area (Å²) in [5, 5.41) is 3.32. The fourth-order valence-electron chi connectivity index (χ4n) is 2.18. The average Bonchev–Trinajstić information content (AvgIpc) is 2.37. The number of halogens is 1. The third-order valence-corrected chi connectivity index (χ3v) is 3.42. The lowest BCUT2D eigenvalue weighted by molar-refractivity contribution is -0.125. The van der Waals surface area contributed by atoms with Gasteiger partial charge in [-0.2, -0.15) is 0 Å². The van der Waals surface area contributed by atoms with Crippen molar-refractivity contribution in [2.75, 3.05) is 13.1 Å². The average molecular weight is 311 g/mol. The lowest BCUT2D eigenvalue weighted by atomic mass is 10.0. The molecule has 0 saturated carbocycles. The molecule has 1 heterocycles. The molecule has 0 aliphatic carbocycles. The van der Waals surface area contributed by atoms with Crippen LogP contribution in [0.1, 0.15) is 32.4 Å². The molecule has 1 fully saturated rings. The number of rotatable bonds is 1. The molecule has 1 N–H and O–H groups in total. The smallest absolute Gasteiger partial charge is 0.411 e. The van der Waals surface area contributed by atoms with Crippen molar-refractivity contribution in [3.8, 4) is 0 Å². The van der Waals surface area contributed by atoms with E-state index in [1.165, 1.54) is 4.90 Å². The van der Waals surface area contributed by atoms with Crippen LogP contribution in [0.4, 0.5) is 4.79 Å². The van der Waals surface area contributed by atoms with Gasteiger partial charge in [-0.15, -0.1) is 0 Å². The van der Waals surface area contributed by atoms with Crippen molar-refractivity contribution in [2.45, 2.75) is 32.4 Å². The Kier molecular flexibility index (Phi) is 4.42. The van der Waals surface area contributed by atoms with Crippen molar-refractivity contribution >= 4 is 23.6 Å². The van der Waals surface area contributed by atoms with Crippen LogP contribution in [0.25, 0.3) is 0 Å². The zero-order chi connectivity index (χ0) is 15.6. The van der Waals surface area contributed by atoms with Crippen LogP contribution in [0.3, 0.4) is 0 Å². The molecule has 1 atom stereocenters. The molecule has 114 valence electrons. The van der Waals surface area contributed by atoms with Crippen molar-refractivity contribution in [2.24, 2.45) is 0 Å². The van der Waals surface area contributed by atoms with E-state index >= 15 is 0 Å². The first-order valence-corrected chi connectivity index (χ1v) is 7.16. The summed E-state index contributed by atoms with van der Waals surface area (Å²) in [7, 11) is 0. The van der Waals surface area contributed by atoms with E-state index in [0.29, 0.717) is 11.6 Å². The third-order valence-electron chi connectivity index (χ3n) is 3.07. The summed E-state index contributed by atoms with van der Waals surface area (Å²) < 4.78 is 5.38. The normalized spacial score (nSPS) is 19.1. The maximum Gasteiger partial charge on any atom is 0.411 e. The fourth-order valence-corrected chi connectivity index (χ4v) is 2.44. The number of benzene rings is 1. The first-order chi connectivity index (χ1) is 9.78. The van der Waals surface area contributed by atoms with Gasteiger partial charge in [-0.25, -0.2) is 4.79 Å².